The highest BCUT2D eigenvalue weighted by molar-refractivity contribution is 9.09. The van der Waals surface area contributed by atoms with E-state index in [0.717, 1.165) is 24.6 Å². The fourth-order valence-electron chi connectivity index (χ4n) is 2.37. The summed E-state index contributed by atoms with van der Waals surface area (Å²) in [5.74, 6) is 0.662. The Labute approximate surface area is 125 Å². The molecule has 0 amide bonds. The molecule has 0 aromatic heterocycles. The summed E-state index contributed by atoms with van der Waals surface area (Å²) < 4.78 is 0. The van der Waals surface area contributed by atoms with Crippen molar-refractivity contribution in [1.82, 2.24) is 0 Å². The third kappa shape index (κ3) is 4.50. The van der Waals surface area contributed by atoms with Crippen LogP contribution >= 0.6 is 15.9 Å². The van der Waals surface area contributed by atoms with E-state index in [0.29, 0.717) is 5.92 Å². The lowest BCUT2D eigenvalue weighted by Gasteiger charge is -2.14. The molecule has 0 nitrogen and oxygen atoms in total. The van der Waals surface area contributed by atoms with Crippen molar-refractivity contribution in [2.45, 2.75) is 26.2 Å². The van der Waals surface area contributed by atoms with E-state index in [9.17, 15) is 0 Å². The second kappa shape index (κ2) is 7.49. The Hall–Kier alpha value is -1.08. The van der Waals surface area contributed by atoms with E-state index in [1.165, 1.54) is 16.7 Å². The van der Waals surface area contributed by atoms with Crippen LogP contribution in [0.15, 0.2) is 54.6 Å². The molecule has 100 valence electrons. The van der Waals surface area contributed by atoms with E-state index >= 15 is 0 Å². The van der Waals surface area contributed by atoms with Crippen LogP contribution in [0.2, 0.25) is 0 Å². The molecule has 0 spiro atoms. The minimum absolute atomic E-state index is 0.662. The lowest BCUT2D eigenvalue weighted by molar-refractivity contribution is 0.591. The molecule has 1 atom stereocenters. The molecule has 0 radical (unpaired) electrons. The first-order chi connectivity index (χ1) is 9.31. The molecule has 0 bridgehead atoms. The van der Waals surface area contributed by atoms with Crippen molar-refractivity contribution < 1.29 is 0 Å². The molecular weight excluding hydrogens is 296 g/mol. The third-order valence-electron chi connectivity index (χ3n) is 3.54. The molecule has 2 rings (SSSR count). The minimum atomic E-state index is 0.662. The van der Waals surface area contributed by atoms with Crippen LogP contribution < -0.4 is 0 Å². The van der Waals surface area contributed by atoms with Gasteiger partial charge in [0, 0.05) is 5.33 Å². The van der Waals surface area contributed by atoms with Gasteiger partial charge in [-0.3, -0.25) is 0 Å². The molecule has 1 heteroatoms. The standard InChI is InChI=1S/C18H21Br/c1-2-15-8-10-17(11-9-15)13-18(14-19)12-16-6-4-3-5-7-16/h3-11,18H,2,12-14H2,1H3. The van der Waals surface area contributed by atoms with E-state index in [4.69, 9.17) is 0 Å². The summed E-state index contributed by atoms with van der Waals surface area (Å²) in [6, 6.07) is 19.8. The fraction of sp³-hybridized carbons (Fsp3) is 0.333. The summed E-state index contributed by atoms with van der Waals surface area (Å²) in [7, 11) is 0. The molecule has 2 aromatic carbocycles. The van der Waals surface area contributed by atoms with Crippen LogP contribution in [-0.4, -0.2) is 5.33 Å². The van der Waals surface area contributed by atoms with Gasteiger partial charge in [0.05, 0.1) is 0 Å². The Balaban J connectivity index is 1.98. The predicted octanol–water partition coefficient (Wildman–Crippen LogP) is 5.05. The quantitative estimate of drug-likeness (QED) is 0.654. The van der Waals surface area contributed by atoms with Crippen LogP contribution in [0.4, 0.5) is 0 Å². The topological polar surface area (TPSA) is 0 Å². The minimum Gasteiger partial charge on any atom is -0.0925 e. The Bertz CT molecular complexity index is 473. The van der Waals surface area contributed by atoms with Gasteiger partial charge in [-0.05, 0) is 41.9 Å². The van der Waals surface area contributed by atoms with Gasteiger partial charge < -0.3 is 0 Å². The maximum Gasteiger partial charge on any atom is 0.00660 e. The zero-order valence-electron chi connectivity index (χ0n) is 11.5. The third-order valence-corrected chi connectivity index (χ3v) is 4.46. The Morgan fingerprint density at radius 2 is 1.32 bits per heavy atom. The number of halogens is 1. The van der Waals surface area contributed by atoms with Gasteiger partial charge in [-0.25, -0.2) is 0 Å². The summed E-state index contributed by atoms with van der Waals surface area (Å²) in [4.78, 5) is 0. The van der Waals surface area contributed by atoms with E-state index < -0.39 is 0 Å². The van der Waals surface area contributed by atoms with Crippen molar-refractivity contribution in [3.05, 3.63) is 71.3 Å². The number of rotatable bonds is 6. The van der Waals surface area contributed by atoms with Gasteiger partial charge in [-0.15, -0.1) is 0 Å². The molecule has 0 saturated heterocycles. The van der Waals surface area contributed by atoms with Crippen molar-refractivity contribution in [2.75, 3.05) is 5.33 Å². The van der Waals surface area contributed by atoms with Crippen LogP contribution in [0.5, 0.6) is 0 Å². The molecule has 0 fully saturated rings. The lowest BCUT2D eigenvalue weighted by atomic mass is 9.94. The average Bonchev–Trinajstić information content (AvgIpc) is 2.48. The fourth-order valence-corrected chi connectivity index (χ4v) is 2.83. The van der Waals surface area contributed by atoms with E-state index in [2.05, 4.69) is 77.5 Å². The number of alkyl halides is 1. The molecule has 0 aliphatic carbocycles. The zero-order valence-corrected chi connectivity index (χ0v) is 13.1. The maximum atomic E-state index is 3.66. The first-order valence-electron chi connectivity index (χ1n) is 6.99. The number of benzene rings is 2. The van der Waals surface area contributed by atoms with Gasteiger partial charge in [0.1, 0.15) is 0 Å². The lowest BCUT2D eigenvalue weighted by Crippen LogP contribution is -2.09. The molecule has 1 unspecified atom stereocenters. The van der Waals surface area contributed by atoms with E-state index in [1.807, 2.05) is 0 Å². The SMILES string of the molecule is CCc1ccc(CC(CBr)Cc2ccccc2)cc1. The van der Waals surface area contributed by atoms with Crippen molar-refractivity contribution in [3.63, 3.8) is 0 Å². The van der Waals surface area contributed by atoms with Crippen molar-refractivity contribution in [3.8, 4) is 0 Å². The summed E-state index contributed by atoms with van der Waals surface area (Å²) in [5, 5.41) is 1.05. The Morgan fingerprint density at radius 1 is 0.789 bits per heavy atom. The maximum absolute atomic E-state index is 3.66. The Morgan fingerprint density at radius 3 is 1.84 bits per heavy atom. The van der Waals surface area contributed by atoms with E-state index in [1.54, 1.807) is 0 Å². The first-order valence-corrected chi connectivity index (χ1v) is 8.11. The molecule has 0 aliphatic heterocycles. The highest BCUT2D eigenvalue weighted by Gasteiger charge is 2.09. The second-order valence-corrected chi connectivity index (χ2v) is 5.73. The largest absolute Gasteiger partial charge is 0.0925 e. The number of hydrogen-bond acceptors (Lipinski definition) is 0. The highest BCUT2D eigenvalue weighted by atomic mass is 79.9. The molecule has 2 aromatic rings. The van der Waals surface area contributed by atoms with Gasteiger partial charge in [0.15, 0.2) is 0 Å². The summed E-state index contributed by atoms with van der Waals surface area (Å²) in [6.07, 6.45) is 3.40. The summed E-state index contributed by atoms with van der Waals surface area (Å²) in [5.41, 5.74) is 4.29. The predicted molar refractivity (Wildman–Crippen MR) is 87.0 cm³/mol. The smallest absolute Gasteiger partial charge is 0.00660 e. The van der Waals surface area contributed by atoms with Crippen LogP contribution in [0, 0.1) is 5.92 Å². The molecular formula is C18H21Br. The van der Waals surface area contributed by atoms with Crippen molar-refractivity contribution in [1.29, 1.82) is 0 Å². The van der Waals surface area contributed by atoms with Crippen LogP contribution in [0.3, 0.4) is 0 Å². The van der Waals surface area contributed by atoms with Gasteiger partial charge in [0.25, 0.3) is 0 Å². The average molecular weight is 317 g/mol. The van der Waals surface area contributed by atoms with Crippen LogP contribution in [0.1, 0.15) is 23.6 Å². The Kier molecular flexibility index (Phi) is 5.65. The van der Waals surface area contributed by atoms with E-state index in [-0.39, 0.29) is 0 Å². The number of aryl methyl sites for hydroxylation is 1. The molecule has 19 heavy (non-hydrogen) atoms. The summed E-state index contributed by atoms with van der Waals surface area (Å²) in [6.45, 7) is 2.20. The van der Waals surface area contributed by atoms with Crippen LogP contribution in [-0.2, 0) is 19.3 Å². The normalized spacial score (nSPS) is 12.3. The molecule has 0 N–H and O–H groups in total. The highest BCUT2D eigenvalue weighted by Crippen LogP contribution is 2.17. The second-order valence-electron chi connectivity index (χ2n) is 5.08. The van der Waals surface area contributed by atoms with Gasteiger partial charge >= 0.3 is 0 Å². The molecule has 0 saturated carbocycles. The summed E-state index contributed by atoms with van der Waals surface area (Å²) >= 11 is 3.66. The first kappa shape index (κ1) is 14.3. The monoisotopic (exact) mass is 316 g/mol. The zero-order chi connectivity index (χ0) is 13.5. The molecule has 0 heterocycles. The van der Waals surface area contributed by atoms with Crippen LogP contribution in [0.25, 0.3) is 0 Å². The molecule has 0 aliphatic rings. The van der Waals surface area contributed by atoms with Gasteiger partial charge in [0.2, 0.25) is 0 Å². The van der Waals surface area contributed by atoms with Gasteiger partial charge in [-0.2, -0.15) is 0 Å². The van der Waals surface area contributed by atoms with Crippen molar-refractivity contribution in [2.24, 2.45) is 5.92 Å². The van der Waals surface area contributed by atoms with Crippen molar-refractivity contribution >= 4 is 15.9 Å². The number of hydrogen-bond donors (Lipinski definition) is 0. The van der Waals surface area contributed by atoms with Gasteiger partial charge in [-0.1, -0.05) is 77.5 Å².